The molecule has 1 aromatic heterocycles. The second-order valence-corrected chi connectivity index (χ2v) is 7.30. The number of rotatable bonds is 6. The highest BCUT2D eigenvalue weighted by molar-refractivity contribution is 5.77. The molecule has 0 N–H and O–H groups in total. The molecule has 8 nitrogen and oxygen atoms in total. The minimum atomic E-state index is 0.0780. The average Bonchev–Trinajstić information content (AvgIpc) is 3.19. The van der Waals surface area contributed by atoms with Gasteiger partial charge in [-0.15, -0.1) is 0 Å². The summed E-state index contributed by atoms with van der Waals surface area (Å²) >= 11 is 0. The van der Waals surface area contributed by atoms with E-state index in [9.17, 15) is 4.79 Å². The van der Waals surface area contributed by atoms with Gasteiger partial charge in [-0.25, -0.2) is 0 Å². The maximum atomic E-state index is 12.4. The molecule has 2 saturated heterocycles. The lowest BCUT2D eigenvalue weighted by molar-refractivity contribution is -0.134. The summed E-state index contributed by atoms with van der Waals surface area (Å²) in [6, 6.07) is 7.81. The fraction of sp³-hybridized carbons (Fsp3) is 0.550. The Morgan fingerprint density at radius 3 is 2.93 bits per heavy atom. The molecule has 2 fully saturated rings. The Kier molecular flexibility index (Phi) is 5.87. The van der Waals surface area contributed by atoms with Gasteiger partial charge in [0.05, 0.1) is 32.8 Å². The van der Waals surface area contributed by atoms with Crippen molar-refractivity contribution in [1.82, 2.24) is 19.9 Å². The first-order valence-electron chi connectivity index (χ1n) is 9.74. The molecule has 0 unspecified atom stereocenters. The number of piperidine rings is 1. The number of morpholine rings is 1. The predicted octanol–water partition coefficient (Wildman–Crippen LogP) is 1.82. The highest BCUT2D eigenvalue weighted by atomic mass is 16.5. The van der Waals surface area contributed by atoms with Gasteiger partial charge in [0.15, 0.2) is 5.82 Å². The normalized spacial score (nSPS) is 21.1. The van der Waals surface area contributed by atoms with Gasteiger partial charge in [0.25, 0.3) is 0 Å². The molecule has 2 aromatic rings. The van der Waals surface area contributed by atoms with Gasteiger partial charge in [0.2, 0.25) is 11.8 Å². The van der Waals surface area contributed by atoms with Crippen molar-refractivity contribution in [3.63, 3.8) is 0 Å². The lowest BCUT2D eigenvalue weighted by atomic mass is 9.97. The van der Waals surface area contributed by atoms with Gasteiger partial charge < -0.3 is 18.9 Å². The van der Waals surface area contributed by atoms with Crippen LogP contribution in [0.2, 0.25) is 0 Å². The van der Waals surface area contributed by atoms with E-state index in [1.54, 1.807) is 7.11 Å². The van der Waals surface area contributed by atoms with Gasteiger partial charge >= 0.3 is 0 Å². The van der Waals surface area contributed by atoms with E-state index in [4.69, 9.17) is 14.0 Å². The third kappa shape index (κ3) is 4.51. The summed E-state index contributed by atoms with van der Waals surface area (Å²) in [5.41, 5.74) is 1.05. The number of hydrogen-bond donors (Lipinski definition) is 0. The monoisotopic (exact) mass is 386 g/mol. The summed E-state index contributed by atoms with van der Waals surface area (Å²) < 4.78 is 16.2. The summed E-state index contributed by atoms with van der Waals surface area (Å²) in [6.45, 7) is 5.08. The molecule has 3 heterocycles. The zero-order valence-corrected chi connectivity index (χ0v) is 16.2. The first-order chi connectivity index (χ1) is 13.7. The fourth-order valence-electron chi connectivity index (χ4n) is 3.72. The van der Waals surface area contributed by atoms with E-state index in [1.165, 1.54) is 0 Å². The van der Waals surface area contributed by atoms with Gasteiger partial charge in [-0.1, -0.05) is 17.3 Å². The molecule has 28 heavy (non-hydrogen) atoms. The summed E-state index contributed by atoms with van der Waals surface area (Å²) in [6.07, 6.45) is 1.24. The molecule has 4 rings (SSSR count). The highest BCUT2D eigenvalue weighted by Crippen LogP contribution is 2.28. The number of methoxy groups -OCH3 is 1. The lowest BCUT2D eigenvalue weighted by Gasteiger charge is -2.31. The Balaban J connectivity index is 1.39. The van der Waals surface area contributed by atoms with Crippen LogP contribution in [0.25, 0.3) is 0 Å². The van der Waals surface area contributed by atoms with Crippen LogP contribution in [0.3, 0.4) is 0 Å². The van der Waals surface area contributed by atoms with E-state index in [1.807, 2.05) is 29.2 Å². The lowest BCUT2D eigenvalue weighted by Crippen LogP contribution is -2.38. The van der Waals surface area contributed by atoms with Crippen LogP contribution in [-0.4, -0.2) is 65.8 Å². The Hall–Kier alpha value is -2.45. The second kappa shape index (κ2) is 8.70. The minimum Gasteiger partial charge on any atom is -0.497 e. The Morgan fingerprint density at radius 2 is 2.11 bits per heavy atom. The van der Waals surface area contributed by atoms with Crippen LogP contribution < -0.4 is 4.74 Å². The van der Waals surface area contributed by atoms with Crippen LogP contribution in [0.5, 0.6) is 5.75 Å². The zero-order valence-electron chi connectivity index (χ0n) is 16.2. The van der Waals surface area contributed by atoms with Crippen LogP contribution in [-0.2, 0) is 22.6 Å². The molecule has 0 spiro atoms. The number of ether oxygens (including phenoxy) is 2. The van der Waals surface area contributed by atoms with Crippen molar-refractivity contribution in [1.29, 1.82) is 0 Å². The van der Waals surface area contributed by atoms with Crippen LogP contribution in [0.1, 0.15) is 36.0 Å². The molecule has 1 aromatic carbocycles. The van der Waals surface area contributed by atoms with Gasteiger partial charge in [-0.2, -0.15) is 4.98 Å². The van der Waals surface area contributed by atoms with Crippen molar-refractivity contribution >= 4 is 5.91 Å². The molecular weight excluding hydrogens is 360 g/mol. The van der Waals surface area contributed by atoms with Crippen molar-refractivity contribution in [3.8, 4) is 5.75 Å². The number of hydrogen-bond acceptors (Lipinski definition) is 7. The van der Waals surface area contributed by atoms with Gasteiger partial charge in [-0.3, -0.25) is 9.69 Å². The number of likely N-dealkylation sites (tertiary alicyclic amines) is 1. The maximum Gasteiger partial charge on any atom is 0.231 e. The van der Waals surface area contributed by atoms with Crippen molar-refractivity contribution in [2.24, 2.45) is 0 Å². The van der Waals surface area contributed by atoms with Crippen molar-refractivity contribution in [3.05, 3.63) is 41.5 Å². The molecule has 0 bridgehead atoms. The molecular formula is C20H26N4O4. The Morgan fingerprint density at radius 1 is 1.25 bits per heavy atom. The number of amides is 1. The fourth-order valence-corrected chi connectivity index (χ4v) is 3.72. The molecule has 2 aliphatic heterocycles. The molecule has 0 saturated carbocycles. The van der Waals surface area contributed by atoms with E-state index in [0.717, 1.165) is 44.0 Å². The van der Waals surface area contributed by atoms with Gasteiger partial charge in [0.1, 0.15) is 5.75 Å². The van der Waals surface area contributed by atoms with Crippen LogP contribution in [0.4, 0.5) is 0 Å². The first-order valence-corrected chi connectivity index (χ1v) is 9.74. The average molecular weight is 386 g/mol. The van der Waals surface area contributed by atoms with Crippen LogP contribution in [0.15, 0.2) is 28.8 Å². The van der Waals surface area contributed by atoms with Crippen molar-refractivity contribution in [2.75, 3.05) is 40.0 Å². The van der Waals surface area contributed by atoms with Crippen molar-refractivity contribution in [2.45, 2.75) is 31.8 Å². The maximum absolute atomic E-state index is 12.4. The van der Waals surface area contributed by atoms with E-state index in [0.29, 0.717) is 37.8 Å². The van der Waals surface area contributed by atoms with Gasteiger partial charge in [-0.05, 0) is 24.1 Å². The topological polar surface area (TPSA) is 80.9 Å². The minimum absolute atomic E-state index is 0.0780. The van der Waals surface area contributed by atoms with Gasteiger partial charge in [0, 0.05) is 32.6 Å². The molecule has 1 amide bonds. The zero-order chi connectivity index (χ0) is 19.3. The standard InChI is InChI=1S/C20H26N4O4/c1-26-17-4-2-3-15(11-17)12-24-13-16(5-6-19(24)25)20-21-18(22-28-20)14-23-7-9-27-10-8-23/h2-4,11,16H,5-10,12-14H2,1H3/t16-/m0/s1. The van der Waals surface area contributed by atoms with Crippen LogP contribution >= 0.6 is 0 Å². The third-order valence-corrected chi connectivity index (χ3v) is 5.31. The van der Waals surface area contributed by atoms with E-state index in [2.05, 4.69) is 15.0 Å². The quantitative estimate of drug-likeness (QED) is 0.749. The first kappa shape index (κ1) is 18.9. The molecule has 1 atom stereocenters. The molecule has 2 aliphatic rings. The second-order valence-electron chi connectivity index (χ2n) is 7.30. The van der Waals surface area contributed by atoms with Crippen LogP contribution in [0, 0.1) is 0 Å². The van der Waals surface area contributed by atoms with E-state index in [-0.39, 0.29) is 11.8 Å². The summed E-state index contributed by atoms with van der Waals surface area (Å²) in [4.78, 5) is 21.1. The highest BCUT2D eigenvalue weighted by Gasteiger charge is 2.30. The molecule has 8 heteroatoms. The van der Waals surface area contributed by atoms with E-state index < -0.39 is 0 Å². The Bertz CT molecular complexity index is 803. The number of carbonyl (C=O) groups is 1. The number of benzene rings is 1. The van der Waals surface area contributed by atoms with Crippen molar-refractivity contribution < 1.29 is 18.8 Å². The largest absolute Gasteiger partial charge is 0.497 e. The molecule has 150 valence electrons. The summed E-state index contributed by atoms with van der Waals surface area (Å²) in [5.74, 6) is 2.36. The molecule has 0 aliphatic carbocycles. The third-order valence-electron chi connectivity index (χ3n) is 5.31. The number of aromatic nitrogens is 2. The van der Waals surface area contributed by atoms with E-state index >= 15 is 0 Å². The number of nitrogens with zero attached hydrogens (tertiary/aromatic N) is 4. The summed E-state index contributed by atoms with van der Waals surface area (Å²) in [7, 11) is 1.64. The summed E-state index contributed by atoms with van der Waals surface area (Å²) in [5, 5.41) is 4.15. The SMILES string of the molecule is COc1cccc(CN2C[C@@H](c3nc(CN4CCOCC4)no3)CCC2=O)c1. The number of carbonyl (C=O) groups excluding carboxylic acids is 1. The predicted molar refractivity (Wildman–Crippen MR) is 101 cm³/mol. The Labute approximate surface area is 164 Å². The molecule has 0 radical (unpaired) electrons. The smallest absolute Gasteiger partial charge is 0.231 e.